The van der Waals surface area contributed by atoms with Crippen LogP contribution in [0.15, 0.2) is 0 Å². The Morgan fingerprint density at radius 2 is 0.547 bits per heavy atom. The highest BCUT2D eigenvalue weighted by Crippen LogP contribution is 2.18. The van der Waals surface area contributed by atoms with E-state index in [4.69, 9.17) is 14.2 Å². The van der Waals surface area contributed by atoms with E-state index in [1.807, 2.05) is 0 Å². The zero-order valence-electron chi connectivity index (χ0n) is 43.8. The molecule has 0 amide bonds. The van der Waals surface area contributed by atoms with Crippen molar-refractivity contribution in [1.29, 1.82) is 0 Å². The van der Waals surface area contributed by atoms with E-state index in [1.54, 1.807) is 0 Å². The quantitative estimate of drug-likeness (QED) is 0.0344. The fraction of sp³-hybridized carbons (Fsp3) is 0.948. The van der Waals surface area contributed by atoms with Gasteiger partial charge in [0.05, 0.1) is 0 Å². The molecule has 0 aliphatic rings. The Bertz CT molecular complexity index is 966. The molecule has 0 aliphatic carbocycles. The summed E-state index contributed by atoms with van der Waals surface area (Å²) >= 11 is 0. The van der Waals surface area contributed by atoms with Crippen molar-refractivity contribution in [2.24, 2.45) is 5.92 Å². The Hall–Kier alpha value is -1.59. The minimum atomic E-state index is -0.761. The summed E-state index contributed by atoms with van der Waals surface area (Å²) in [7, 11) is 0. The van der Waals surface area contributed by atoms with Gasteiger partial charge in [0.2, 0.25) is 0 Å². The minimum absolute atomic E-state index is 0.0619. The van der Waals surface area contributed by atoms with Crippen LogP contribution >= 0.6 is 0 Å². The average Bonchev–Trinajstić information content (AvgIpc) is 3.29. The molecule has 0 rings (SSSR count). The second-order valence-electron chi connectivity index (χ2n) is 20.2. The van der Waals surface area contributed by atoms with Crippen molar-refractivity contribution in [3.8, 4) is 0 Å². The Morgan fingerprint density at radius 1 is 0.312 bits per heavy atom. The summed E-state index contributed by atoms with van der Waals surface area (Å²) in [6.45, 7) is 9.09. The van der Waals surface area contributed by atoms with E-state index in [2.05, 4.69) is 27.7 Å². The van der Waals surface area contributed by atoms with Crippen molar-refractivity contribution in [3.63, 3.8) is 0 Å². The highest BCUT2D eigenvalue weighted by atomic mass is 16.6. The Labute approximate surface area is 399 Å². The first kappa shape index (κ1) is 62.4. The maximum Gasteiger partial charge on any atom is 0.306 e. The van der Waals surface area contributed by atoms with Crippen molar-refractivity contribution < 1.29 is 28.6 Å². The van der Waals surface area contributed by atoms with Gasteiger partial charge in [0, 0.05) is 19.3 Å². The number of hydrogen-bond acceptors (Lipinski definition) is 6. The van der Waals surface area contributed by atoms with E-state index in [0.717, 1.165) is 63.7 Å². The first-order chi connectivity index (χ1) is 31.4. The molecule has 0 aromatic rings. The minimum Gasteiger partial charge on any atom is -0.462 e. The molecule has 0 N–H and O–H groups in total. The van der Waals surface area contributed by atoms with Gasteiger partial charge in [0.15, 0.2) is 6.10 Å². The van der Waals surface area contributed by atoms with Crippen molar-refractivity contribution in [2.45, 2.75) is 336 Å². The monoisotopic (exact) mass is 905 g/mol. The summed E-state index contributed by atoms with van der Waals surface area (Å²) in [6.07, 6.45) is 56.6. The summed E-state index contributed by atoms with van der Waals surface area (Å²) in [4.78, 5) is 38.1. The molecule has 0 aliphatic heterocycles. The summed E-state index contributed by atoms with van der Waals surface area (Å²) in [5.74, 6) is 0.0580. The largest absolute Gasteiger partial charge is 0.462 e. The molecule has 2 atom stereocenters. The van der Waals surface area contributed by atoms with Crippen molar-refractivity contribution >= 4 is 17.9 Å². The van der Waals surface area contributed by atoms with Gasteiger partial charge >= 0.3 is 17.9 Å². The maximum atomic E-state index is 12.8. The van der Waals surface area contributed by atoms with E-state index >= 15 is 0 Å². The van der Waals surface area contributed by atoms with E-state index < -0.39 is 6.10 Å². The number of ether oxygens (including phenoxy) is 3. The lowest BCUT2D eigenvalue weighted by Crippen LogP contribution is -2.30. The van der Waals surface area contributed by atoms with Gasteiger partial charge in [-0.05, 0) is 25.2 Å². The van der Waals surface area contributed by atoms with Crippen LogP contribution < -0.4 is 0 Å². The first-order valence-corrected chi connectivity index (χ1v) is 28.9. The van der Waals surface area contributed by atoms with Gasteiger partial charge in [-0.1, -0.05) is 291 Å². The molecule has 0 aromatic heterocycles. The number of esters is 3. The van der Waals surface area contributed by atoms with Crippen molar-refractivity contribution in [3.05, 3.63) is 0 Å². The molecule has 0 spiro atoms. The molecule has 0 radical (unpaired) electrons. The zero-order valence-corrected chi connectivity index (χ0v) is 43.8. The molecule has 0 saturated heterocycles. The number of hydrogen-bond donors (Lipinski definition) is 0. The average molecular weight is 906 g/mol. The van der Waals surface area contributed by atoms with Crippen LogP contribution in [0.2, 0.25) is 0 Å². The number of rotatable bonds is 53. The van der Waals surface area contributed by atoms with Gasteiger partial charge in [-0.15, -0.1) is 0 Å². The maximum absolute atomic E-state index is 12.8. The molecule has 64 heavy (non-hydrogen) atoms. The molecule has 0 heterocycles. The Morgan fingerprint density at radius 3 is 0.812 bits per heavy atom. The first-order valence-electron chi connectivity index (χ1n) is 28.9. The molecule has 0 saturated carbocycles. The highest BCUT2D eigenvalue weighted by molar-refractivity contribution is 5.71. The lowest BCUT2D eigenvalue weighted by Gasteiger charge is -2.18. The summed E-state index contributed by atoms with van der Waals surface area (Å²) in [5, 5.41) is 0. The molecular formula is C58H112O6. The van der Waals surface area contributed by atoms with Crippen LogP contribution in [-0.4, -0.2) is 37.2 Å². The lowest BCUT2D eigenvalue weighted by molar-refractivity contribution is -0.167. The normalized spacial score (nSPS) is 12.4. The van der Waals surface area contributed by atoms with Gasteiger partial charge in [-0.25, -0.2) is 0 Å². The van der Waals surface area contributed by atoms with E-state index in [-0.39, 0.29) is 31.1 Å². The number of unbranched alkanes of at least 4 members (excludes halogenated alkanes) is 39. The molecular weight excluding hydrogens is 793 g/mol. The molecule has 1 unspecified atom stereocenters. The smallest absolute Gasteiger partial charge is 0.306 e. The van der Waals surface area contributed by atoms with Gasteiger partial charge in [0.1, 0.15) is 13.2 Å². The fourth-order valence-electron chi connectivity index (χ4n) is 8.89. The van der Waals surface area contributed by atoms with Gasteiger partial charge in [-0.3, -0.25) is 14.4 Å². The molecule has 380 valence electrons. The van der Waals surface area contributed by atoms with Crippen LogP contribution in [0.25, 0.3) is 0 Å². The topological polar surface area (TPSA) is 78.9 Å². The standard InChI is InChI=1S/C58H112O6/c1-5-8-10-12-14-16-18-19-20-21-22-26-30-34-38-42-46-50-57(60)63-53-55(52-62-56(59)49-45-41-37-33-28-17-15-13-11-9-6-2)64-58(61)51-47-43-39-35-31-27-24-23-25-29-32-36-40-44-48-54(4)7-3/h54-55H,5-53H2,1-4H3/t54?,55-/m1/s1. The van der Waals surface area contributed by atoms with Gasteiger partial charge < -0.3 is 14.2 Å². The number of carbonyl (C=O) groups excluding carboxylic acids is 3. The molecule has 0 fully saturated rings. The van der Waals surface area contributed by atoms with Crippen LogP contribution in [-0.2, 0) is 28.6 Å². The van der Waals surface area contributed by atoms with E-state index in [1.165, 1.54) is 225 Å². The fourth-order valence-corrected chi connectivity index (χ4v) is 8.89. The van der Waals surface area contributed by atoms with Crippen LogP contribution in [0, 0.1) is 5.92 Å². The van der Waals surface area contributed by atoms with Crippen LogP contribution in [0.1, 0.15) is 329 Å². The molecule has 0 aromatic carbocycles. The second kappa shape index (κ2) is 52.4. The predicted octanol–water partition coefficient (Wildman–Crippen LogP) is 19.0. The third-order valence-electron chi connectivity index (χ3n) is 13.7. The molecule has 6 nitrogen and oxygen atoms in total. The third-order valence-corrected chi connectivity index (χ3v) is 13.7. The Balaban J connectivity index is 4.26. The summed E-state index contributed by atoms with van der Waals surface area (Å²) < 4.78 is 16.9. The Kier molecular flexibility index (Phi) is 51.1. The van der Waals surface area contributed by atoms with E-state index in [9.17, 15) is 14.4 Å². The number of carbonyl (C=O) groups is 3. The van der Waals surface area contributed by atoms with Crippen molar-refractivity contribution in [2.75, 3.05) is 13.2 Å². The second-order valence-corrected chi connectivity index (χ2v) is 20.2. The van der Waals surface area contributed by atoms with Crippen LogP contribution in [0.3, 0.4) is 0 Å². The third kappa shape index (κ3) is 49.8. The summed E-state index contributed by atoms with van der Waals surface area (Å²) in [5.41, 5.74) is 0. The summed E-state index contributed by atoms with van der Waals surface area (Å²) in [6, 6.07) is 0. The van der Waals surface area contributed by atoms with Crippen LogP contribution in [0.5, 0.6) is 0 Å². The van der Waals surface area contributed by atoms with Gasteiger partial charge in [0.25, 0.3) is 0 Å². The van der Waals surface area contributed by atoms with Crippen molar-refractivity contribution in [1.82, 2.24) is 0 Å². The lowest BCUT2D eigenvalue weighted by atomic mass is 9.99. The molecule has 0 bridgehead atoms. The molecule has 6 heteroatoms. The highest BCUT2D eigenvalue weighted by Gasteiger charge is 2.19. The predicted molar refractivity (Wildman–Crippen MR) is 275 cm³/mol. The van der Waals surface area contributed by atoms with E-state index in [0.29, 0.717) is 19.3 Å². The van der Waals surface area contributed by atoms with Gasteiger partial charge in [-0.2, -0.15) is 0 Å². The SMILES string of the molecule is CCCCCCCCCCCCCCCCCCCC(=O)OC[C@@H](COC(=O)CCCCCCCCCCCCC)OC(=O)CCCCCCCCCCCCCCCCC(C)CC. The zero-order chi connectivity index (χ0) is 46.7. The van der Waals surface area contributed by atoms with Crippen LogP contribution in [0.4, 0.5) is 0 Å².